The zero-order valence-electron chi connectivity index (χ0n) is 11.6. The number of rotatable bonds is 4. The summed E-state index contributed by atoms with van der Waals surface area (Å²) in [6.45, 7) is 0.912. The van der Waals surface area contributed by atoms with Crippen LogP contribution in [0.1, 0.15) is 24.3 Å². The van der Waals surface area contributed by atoms with E-state index in [0.29, 0.717) is 27.0 Å². The molecule has 1 nitrogen and oxygen atoms in total. The van der Waals surface area contributed by atoms with Gasteiger partial charge in [-0.2, -0.15) is 0 Å². The van der Waals surface area contributed by atoms with Crippen molar-refractivity contribution in [3.05, 3.63) is 66.2 Å². The van der Waals surface area contributed by atoms with Crippen LogP contribution in [-0.2, 0) is 4.74 Å². The molecule has 0 unspecified atom stereocenters. The van der Waals surface area contributed by atoms with Crippen molar-refractivity contribution in [3.8, 4) is 0 Å². The van der Waals surface area contributed by atoms with Crippen molar-refractivity contribution >= 4 is 19.4 Å². The maximum absolute atomic E-state index is 5.97. The van der Waals surface area contributed by atoms with Gasteiger partial charge in [0.25, 0.3) is 0 Å². The maximum atomic E-state index is 5.97. The topological polar surface area (TPSA) is 9.23 Å². The van der Waals surface area contributed by atoms with Crippen LogP contribution < -0.4 is 4.46 Å². The van der Waals surface area contributed by atoms with Crippen LogP contribution in [0.4, 0.5) is 0 Å². The van der Waals surface area contributed by atoms with Gasteiger partial charge < -0.3 is 0 Å². The van der Waals surface area contributed by atoms with E-state index in [1.807, 2.05) is 0 Å². The molecule has 0 aromatic heterocycles. The van der Waals surface area contributed by atoms with Gasteiger partial charge in [0.1, 0.15) is 0 Å². The fourth-order valence-electron chi connectivity index (χ4n) is 2.73. The van der Waals surface area contributed by atoms with E-state index in [2.05, 4.69) is 60.7 Å². The van der Waals surface area contributed by atoms with Crippen molar-refractivity contribution in [2.45, 2.75) is 30.2 Å². The zero-order chi connectivity index (χ0) is 13.6. The second kappa shape index (κ2) is 7.08. The molecule has 0 radical (unpaired) electrons. The first-order valence-corrected chi connectivity index (χ1v) is 9.33. The van der Waals surface area contributed by atoms with Crippen molar-refractivity contribution in [1.82, 2.24) is 0 Å². The van der Waals surface area contributed by atoms with E-state index >= 15 is 0 Å². The molecule has 0 bridgehead atoms. The third-order valence-corrected chi connectivity index (χ3v) is 6.22. The van der Waals surface area contributed by atoms with Crippen molar-refractivity contribution in [2.24, 2.45) is 0 Å². The van der Waals surface area contributed by atoms with Crippen LogP contribution in [0.25, 0.3) is 0 Å². The van der Waals surface area contributed by atoms with E-state index in [1.54, 1.807) is 0 Å². The molecule has 2 aromatic carbocycles. The van der Waals surface area contributed by atoms with Gasteiger partial charge in [-0.05, 0) is 0 Å². The number of hydrogen-bond acceptors (Lipinski definition) is 1. The third-order valence-electron chi connectivity index (χ3n) is 3.82. The number of benzene rings is 2. The standard InChI is InChI=1S/C18H20OSe/c1-3-7-15(8-4-1)16-11-12-19-17(13-16)14-20-18-9-5-2-6-10-18/h1-10,16-17H,11-14H2/t16-,17-/m0/s1. The Bertz CT molecular complexity index is 511. The van der Waals surface area contributed by atoms with Crippen LogP contribution in [0.15, 0.2) is 60.7 Å². The van der Waals surface area contributed by atoms with E-state index < -0.39 is 0 Å². The monoisotopic (exact) mass is 332 g/mol. The molecule has 104 valence electrons. The van der Waals surface area contributed by atoms with Gasteiger partial charge in [-0.15, -0.1) is 0 Å². The fraction of sp³-hybridized carbons (Fsp3) is 0.333. The van der Waals surface area contributed by atoms with Crippen molar-refractivity contribution in [3.63, 3.8) is 0 Å². The van der Waals surface area contributed by atoms with Crippen LogP contribution in [0.3, 0.4) is 0 Å². The van der Waals surface area contributed by atoms with Gasteiger partial charge in [-0.1, -0.05) is 0 Å². The minimum atomic E-state index is 0.439. The van der Waals surface area contributed by atoms with Gasteiger partial charge in [0.2, 0.25) is 0 Å². The summed E-state index contributed by atoms with van der Waals surface area (Å²) in [7, 11) is 0. The summed E-state index contributed by atoms with van der Waals surface area (Å²) in [5, 5.41) is 1.19. The normalized spacial score (nSPS) is 22.6. The van der Waals surface area contributed by atoms with Crippen LogP contribution in [0.5, 0.6) is 0 Å². The van der Waals surface area contributed by atoms with Gasteiger partial charge in [-0.3, -0.25) is 0 Å². The molecule has 2 aromatic rings. The molecule has 20 heavy (non-hydrogen) atoms. The van der Waals surface area contributed by atoms with E-state index in [1.165, 1.54) is 28.2 Å². The average molecular weight is 331 g/mol. The Kier molecular flexibility index (Phi) is 4.91. The molecule has 1 fully saturated rings. The van der Waals surface area contributed by atoms with Crippen LogP contribution in [0.2, 0.25) is 5.32 Å². The average Bonchev–Trinajstić information content (AvgIpc) is 2.55. The van der Waals surface area contributed by atoms with Gasteiger partial charge in [0.05, 0.1) is 0 Å². The van der Waals surface area contributed by atoms with E-state index in [4.69, 9.17) is 4.74 Å². The molecule has 2 atom stereocenters. The Morgan fingerprint density at radius 2 is 1.65 bits per heavy atom. The van der Waals surface area contributed by atoms with Crippen LogP contribution in [0, 0.1) is 0 Å². The van der Waals surface area contributed by atoms with Crippen molar-refractivity contribution < 1.29 is 4.74 Å². The first-order chi connectivity index (χ1) is 9.92. The molecule has 0 N–H and O–H groups in total. The van der Waals surface area contributed by atoms with Gasteiger partial charge in [0.15, 0.2) is 0 Å². The van der Waals surface area contributed by atoms with E-state index in [-0.39, 0.29) is 0 Å². The summed E-state index contributed by atoms with van der Waals surface area (Å²) in [6.07, 6.45) is 2.78. The Labute approximate surface area is 127 Å². The van der Waals surface area contributed by atoms with Gasteiger partial charge in [-0.25, -0.2) is 0 Å². The quantitative estimate of drug-likeness (QED) is 0.781. The summed E-state index contributed by atoms with van der Waals surface area (Å²) in [4.78, 5) is 0. The van der Waals surface area contributed by atoms with Crippen molar-refractivity contribution in [1.29, 1.82) is 0 Å². The molecular weight excluding hydrogens is 311 g/mol. The number of ether oxygens (including phenoxy) is 1. The summed E-state index contributed by atoms with van der Waals surface area (Å²) < 4.78 is 7.44. The summed E-state index contributed by atoms with van der Waals surface area (Å²) >= 11 is 0.532. The molecule has 1 heterocycles. The third kappa shape index (κ3) is 3.73. The Morgan fingerprint density at radius 3 is 2.40 bits per heavy atom. The SMILES string of the molecule is c1ccc([Se]C[C@@H]2C[C@@H](c3ccccc3)CCO2)cc1. The number of hydrogen-bond donors (Lipinski definition) is 0. The molecule has 1 saturated heterocycles. The molecule has 0 spiro atoms. The molecule has 0 aliphatic carbocycles. The summed E-state index contributed by atoms with van der Waals surface area (Å²) in [5.41, 5.74) is 1.48. The summed E-state index contributed by atoms with van der Waals surface area (Å²) in [5.74, 6) is 0.682. The Morgan fingerprint density at radius 1 is 0.950 bits per heavy atom. The van der Waals surface area contributed by atoms with E-state index in [0.717, 1.165) is 6.61 Å². The molecule has 3 rings (SSSR count). The molecule has 2 heteroatoms. The Balaban J connectivity index is 1.56. The summed E-state index contributed by atoms with van der Waals surface area (Å²) in [6, 6.07) is 21.7. The first-order valence-electron chi connectivity index (χ1n) is 7.26. The second-order valence-electron chi connectivity index (χ2n) is 5.25. The predicted octanol–water partition coefficient (Wildman–Crippen LogP) is 3.40. The van der Waals surface area contributed by atoms with Crippen LogP contribution >= 0.6 is 0 Å². The fourth-order valence-corrected chi connectivity index (χ4v) is 4.74. The Hall–Kier alpha value is -1.08. The van der Waals surface area contributed by atoms with Gasteiger partial charge >= 0.3 is 127 Å². The molecule has 0 saturated carbocycles. The van der Waals surface area contributed by atoms with Crippen LogP contribution in [-0.4, -0.2) is 27.7 Å². The predicted molar refractivity (Wildman–Crippen MR) is 84.8 cm³/mol. The van der Waals surface area contributed by atoms with Gasteiger partial charge in [0, 0.05) is 0 Å². The van der Waals surface area contributed by atoms with E-state index in [9.17, 15) is 0 Å². The molecule has 1 aliphatic rings. The second-order valence-corrected chi connectivity index (χ2v) is 7.54. The zero-order valence-corrected chi connectivity index (χ0v) is 13.3. The molecular formula is C18H20OSe. The molecule has 1 aliphatic heterocycles. The first kappa shape index (κ1) is 13.9. The van der Waals surface area contributed by atoms with Crippen molar-refractivity contribution in [2.75, 3.05) is 6.61 Å². The minimum absolute atomic E-state index is 0.439. The molecule has 0 amide bonds.